The molecule has 106 valence electrons. The van der Waals surface area contributed by atoms with Gasteiger partial charge in [0.2, 0.25) is 0 Å². The first kappa shape index (κ1) is 14.3. The lowest BCUT2D eigenvalue weighted by molar-refractivity contribution is 0.336. The zero-order chi connectivity index (χ0) is 14.0. The van der Waals surface area contributed by atoms with Crippen molar-refractivity contribution in [1.82, 2.24) is 8.61 Å². The average Bonchev–Trinajstić information content (AvgIpc) is 2.40. The Bertz CT molecular complexity index is 553. The van der Waals surface area contributed by atoms with Crippen LogP contribution in [0.2, 0.25) is 0 Å². The predicted molar refractivity (Wildman–Crippen MR) is 76.8 cm³/mol. The maximum absolute atomic E-state index is 12.5. The second kappa shape index (κ2) is 5.48. The lowest BCUT2D eigenvalue weighted by Gasteiger charge is -2.32. The van der Waals surface area contributed by atoms with Gasteiger partial charge in [-0.25, -0.2) is 0 Å². The van der Waals surface area contributed by atoms with Gasteiger partial charge in [-0.3, -0.25) is 0 Å². The number of nitrogen functional groups attached to an aromatic ring is 1. The molecule has 5 nitrogen and oxygen atoms in total. The highest BCUT2D eigenvalue weighted by molar-refractivity contribution is 7.86. The number of anilines is 1. The van der Waals surface area contributed by atoms with Gasteiger partial charge in [-0.15, -0.1) is 0 Å². The molecule has 0 aromatic heterocycles. The van der Waals surface area contributed by atoms with Crippen LogP contribution in [-0.2, 0) is 23.2 Å². The molecular weight excluding hydrogens is 262 g/mol. The van der Waals surface area contributed by atoms with E-state index >= 15 is 0 Å². The Morgan fingerprint density at radius 1 is 1.32 bits per heavy atom. The Balaban J connectivity index is 2.29. The highest BCUT2D eigenvalue weighted by Crippen LogP contribution is 2.26. The van der Waals surface area contributed by atoms with Crippen LogP contribution in [0.3, 0.4) is 0 Å². The fourth-order valence-electron chi connectivity index (χ4n) is 2.49. The van der Waals surface area contributed by atoms with Crippen LogP contribution in [0.1, 0.15) is 25.0 Å². The molecule has 2 rings (SSSR count). The largest absolute Gasteiger partial charge is 0.398 e. The van der Waals surface area contributed by atoms with Gasteiger partial charge in [-0.05, 0) is 23.6 Å². The fourth-order valence-corrected chi connectivity index (χ4v) is 4.09. The van der Waals surface area contributed by atoms with Crippen molar-refractivity contribution in [2.75, 3.05) is 25.4 Å². The van der Waals surface area contributed by atoms with Crippen molar-refractivity contribution >= 4 is 15.9 Å². The average molecular weight is 283 g/mol. The van der Waals surface area contributed by atoms with Gasteiger partial charge in [0, 0.05) is 31.9 Å². The first-order valence-corrected chi connectivity index (χ1v) is 8.01. The van der Waals surface area contributed by atoms with E-state index in [1.54, 1.807) is 0 Å². The van der Waals surface area contributed by atoms with Crippen LogP contribution in [0.15, 0.2) is 18.2 Å². The van der Waals surface area contributed by atoms with Crippen LogP contribution < -0.4 is 5.73 Å². The van der Waals surface area contributed by atoms with Crippen LogP contribution >= 0.6 is 0 Å². The summed E-state index contributed by atoms with van der Waals surface area (Å²) in [6, 6.07) is 5.77. The van der Waals surface area contributed by atoms with E-state index in [-0.39, 0.29) is 0 Å². The Kier molecular flexibility index (Phi) is 4.13. The summed E-state index contributed by atoms with van der Waals surface area (Å²) in [5, 5.41) is 0. The summed E-state index contributed by atoms with van der Waals surface area (Å²) in [5.74, 6) is 0. The summed E-state index contributed by atoms with van der Waals surface area (Å²) in [6.45, 7) is 5.59. The molecular formula is C13H21N3O2S. The third-order valence-electron chi connectivity index (χ3n) is 3.63. The minimum atomic E-state index is -3.37. The van der Waals surface area contributed by atoms with Gasteiger partial charge in [-0.1, -0.05) is 26.0 Å². The van der Waals surface area contributed by atoms with Crippen molar-refractivity contribution in [3.05, 3.63) is 29.3 Å². The molecule has 0 bridgehead atoms. The van der Waals surface area contributed by atoms with Crippen LogP contribution in [-0.4, -0.2) is 36.7 Å². The summed E-state index contributed by atoms with van der Waals surface area (Å²) >= 11 is 0. The summed E-state index contributed by atoms with van der Waals surface area (Å²) in [4.78, 5) is 0. The Labute approximate surface area is 115 Å². The third-order valence-corrected chi connectivity index (χ3v) is 5.77. The molecule has 0 amide bonds. The number of hydrogen-bond acceptors (Lipinski definition) is 3. The molecule has 0 unspecified atom stereocenters. The van der Waals surface area contributed by atoms with Crippen molar-refractivity contribution in [3.8, 4) is 0 Å². The number of nitrogens with zero attached hydrogens (tertiary/aromatic N) is 2. The van der Waals surface area contributed by atoms with E-state index in [2.05, 4.69) is 0 Å². The van der Waals surface area contributed by atoms with E-state index in [0.717, 1.165) is 17.5 Å². The highest BCUT2D eigenvalue weighted by Gasteiger charge is 2.31. The summed E-state index contributed by atoms with van der Waals surface area (Å²) in [7, 11) is -3.37. The molecule has 0 saturated heterocycles. The topological polar surface area (TPSA) is 66.6 Å². The normalized spacial score (nSPS) is 16.6. The zero-order valence-electron chi connectivity index (χ0n) is 11.5. The van der Waals surface area contributed by atoms with E-state index in [0.29, 0.717) is 31.9 Å². The summed E-state index contributed by atoms with van der Waals surface area (Å²) in [6.07, 6.45) is 0.723. The molecule has 1 heterocycles. The van der Waals surface area contributed by atoms with Crippen molar-refractivity contribution in [2.45, 2.75) is 26.8 Å². The Morgan fingerprint density at radius 3 is 2.63 bits per heavy atom. The van der Waals surface area contributed by atoms with Crippen molar-refractivity contribution < 1.29 is 8.42 Å². The van der Waals surface area contributed by atoms with E-state index in [1.807, 2.05) is 32.0 Å². The number of fused-ring (bicyclic) bond motifs is 1. The number of benzene rings is 1. The molecule has 19 heavy (non-hydrogen) atoms. The molecule has 1 aromatic rings. The van der Waals surface area contributed by atoms with E-state index in [9.17, 15) is 8.42 Å². The van der Waals surface area contributed by atoms with Gasteiger partial charge >= 0.3 is 0 Å². The first-order chi connectivity index (χ1) is 9.00. The molecule has 1 aliphatic heterocycles. The Hall–Kier alpha value is -1.11. The molecule has 0 radical (unpaired) electrons. The van der Waals surface area contributed by atoms with Crippen LogP contribution in [0.25, 0.3) is 0 Å². The molecule has 0 spiro atoms. The first-order valence-electron chi connectivity index (χ1n) is 6.62. The standard InChI is InChI=1S/C13H21N3O2S/c1-3-15(4-2)19(17,18)16-9-8-11-6-5-7-13(14)12(11)10-16/h5-7H,3-4,8-10,14H2,1-2H3. The smallest absolute Gasteiger partial charge is 0.282 e. The SMILES string of the molecule is CCN(CC)S(=O)(=O)N1CCc2cccc(N)c2C1. The van der Waals surface area contributed by atoms with E-state index < -0.39 is 10.2 Å². The van der Waals surface area contributed by atoms with Gasteiger partial charge in [-0.2, -0.15) is 17.0 Å². The lowest BCUT2D eigenvalue weighted by Crippen LogP contribution is -2.45. The van der Waals surface area contributed by atoms with Gasteiger partial charge in [0.1, 0.15) is 0 Å². The van der Waals surface area contributed by atoms with Gasteiger partial charge in [0.25, 0.3) is 10.2 Å². The molecule has 1 aromatic carbocycles. The second-order valence-electron chi connectivity index (χ2n) is 4.66. The molecule has 6 heteroatoms. The number of hydrogen-bond donors (Lipinski definition) is 1. The fraction of sp³-hybridized carbons (Fsp3) is 0.538. The molecule has 1 aliphatic rings. The monoisotopic (exact) mass is 283 g/mol. The second-order valence-corrected chi connectivity index (χ2v) is 6.59. The van der Waals surface area contributed by atoms with Crippen LogP contribution in [0, 0.1) is 0 Å². The lowest BCUT2D eigenvalue weighted by atomic mass is 10.00. The number of nitrogens with two attached hydrogens (primary N) is 1. The van der Waals surface area contributed by atoms with Crippen molar-refractivity contribution in [2.24, 2.45) is 0 Å². The maximum Gasteiger partial charge on any atom is 0.282 e. The zero-order valence-corrected chi connectivity index (χ0v) is 12.3. The highest BCUT2D eigenvalue weighted by atomic mass is 32.2. The van der Waals surface area contributed by atoms with E-state index in [1.165, 1.54) is 8.61 Å². The summed E-state index contributed by atoms with van der Waals surface area (Å²) in [5.41, 5.74) is 8.74. The third kappa shape index (κ3) is 2.61. The minimum Gasteiger partial charge on any atom is -0.398 e. The number of rotatable bonds is 4. The Morgan fingerprint density at radius 2 is 2.00 bits per heavy atom. The van der Waals surface area contributed by atoms with Gasteiger partial charge < -0.3 is 5.73 Å². The molecule has 2 N–H and O–H groups in total. The molecule has 0 atom stereocenters. The molecule has 0 saturated carbocycles. The van der Waals surface area contributed by atoms with Gasteiger partial charge in [0.15, 0.2) is 0 Å². The van der Waals surface area contributed by atoms with Crippen molar-refractivity contribution in [1.29, 1.82) is 0 Å². The molecule has 0 aliphatic carbocycles. The quantitative estimate of drug-likeness (QED) is 0.845. The van der Waals surface area contributed by atoms with E-state index in [4.69, 9.17) is 5.73 Å². The van der Waals surface area contributed by atoms with Crippen molar-refractivity contribution in [3.63, 3.8) is 0 Å². The minimum absolute atomic E-state index is 0.376. The summed E-state index contributed by atoms with van der Waals surface area (Å²) < 4.78 is 28.0. The van der Waals surface area contributed by atoms with Crippen LogP contribution in [0.5, 0.6) is 0 Å². The van der Waals surface area contributed by atoms with Gasteiger partial charge in [0.05, 0.1) is 0 Å². The predicted octanol–water partition coefficient (Wildman–Crippen LogP) is 1.21. The maximum atomic E-state index is 12.5. The van der Waals surface area contributed by atoms with Crippen LogP contribution in [0.4, 0.5) is 5.69 Å². The molecule has 0 fully saturated rings.